The van der Waals surface area contributed by atoms with Crippen molar-refractivity contribution in [2.75, 3.05) is 17.2 Å². The summed E-state index contributed by atoms with van der Waals surface area (Å²) in [5, 5.41) is 2.32. The molecule has 18 heavy (non-hydrogen) atoms. The predicted octanol–water partition coefficient (Wildman–Crippen LogP) is -0.391. The largest absolute Gasteiger partial charge is 0.368 e. The number of anilines is 2. The maximum Gasteiger partial charge on any atom is 0.249 e. The minimum atomic E-state index is -0.407. The highest BCUT2D eigenvalue weighted by Gasteiger charge is 2.34. The lowest BCUT2D eigenvalue weighted by molar-refractivity contribution is -0.132. The first-order valence-electron chi connectivity index (χ1n) is 5.72. The van der Waals surface area contributed by atoms with E-state index in [1.807, 2.05) is 13.8 Å². The highest BCUT2D eigenvalue weighted by atomic mass is 16.2. The van der Waals surface area contributed by atoms with E-state index in [-0.39, 0.29) is 24.3 Å². The van der Waals surface area contributed by atoms with Crippen molar-refractivity contribution in [2.45, 2.75) is 26.3 Å². The first-order chi connectivity index (χ1) is 8.52. The van der Waals surface area contributed by atoms with E-state index in [4.69, 9.17) is 5.73 Å². The quantitative estimate of drug-likeness (QED) is 0.692. The van der Waals surface area contributed by atoms with E-state index in [0.717, 1.165) is 5.56 Å². The number of piperazine rings is 1. The molecule has 0 aliphatic carbocycles. The second-order valence-electron chi connectivity index (χ2n) is 4.20. The average Bonchev–Trinajstić information content (AvgIpc) is 2.31. The molecule has 0 spiro atoms. The normalized spacial score (nSPS) is 19.9. The molecule has 1 aromatic rings. The van der Waals surface area contributed by atoms with Crippen LogP contribution in [0, 0.1) is 6.92 Å². The molecule has 7 heteroatoms. The molecule has 1 unspecified atom stereocenters. The number of amides is 2. The first kappa shape index (κ1) is 12.3. The number of aromatic nitrogens is 2. The van der Waals surface area contributed by atoms with Crippen LogP contribution in [-0.2, 0) is 9.59 Å². The molecular formula is C11H15N5O2. The summed E-state index contributed by atoms with van der Waals surface area (Å²) in [5.74, 6) is 0.0352. The lowest BCUT2D eigenvalue weighted by Gasteiger charge is -2.34. The van der Waals surface area contributed by atoms with Crippen molar-refractivity contribution in [3.63, 3.8) is 0 Å². The van der Waals surface area contributed by atoms with Crippen molar-refractivity contribution >= 4 is 23.6 Å². The summed E-state index contributed by atoms with van der Waals surface area (Å²) in [5.41, 5.74) is 6.34. The maximum absolute atomic E-state index is 11.8. The van der Waals surface area contributed by atoms with E-state index >= 15 is 0 Å². The van der Waals surface area contributed by atoms with Crippen molar-refractivity contribution in [1.29, 1.82) is 0 Å². The van der Waals surface area contributed by atoms with Gasteiger partial charge in [-0.3, -0.25) is 14.9 Å². The van der Waals surface area contributed by atoms with Crippen molar-refractivity contribution in [3.05, 3.63) is 11.8 Å². The Labute approximate surface area is 104 Å². The van der Waals surface area contributed by atoms with Crippen molar-refractivity contribution < 1.29 is 9.59 Å². The molecule has 0 radical (unpaired) electrons. The Hall–Kier alpha value is -2.18. The van der Waals surface area contributed by atoms with Gasteiger partial charge in [-0.1, -0.05) is 6.92 Å². The van der Waals surface area contributed by atoms with E-state index in [2.05, 4.69) is 15.3 Å². The van der Waals surface area contributed by atoms with Gasteiger partial charge < -0.3 is 10.6 Å². The number of carbonyl (C=O) groups excluding carboxylic acids is 2. The Kier molecular flexibility index (Phi) is 3.14. The van der Waals surface area contributed by atoms with Gasteiger partial charge in [0.15, 0.2) is 0 Å². The van der Waals surface area contributed by atoms with Crippen LogP contribution in [0.1, 0.15) is 18.9 Å². The van der Waals surface area contributed by atoms with Crippen molar-refractivity contribution in [1.82, 2.24) is 15.3 Å². The number of hydrogen-bond acceptors (Lipinski definition) is 6. The highest BCUT2D eigenvalue weighted by Crippen LogP contribution is 2.22. The van der Waals surface area contributed by atoms with Gasteiger partial charge >= 0.3 is 0 Å². The molecule has 96 valence electrons. The summed E-state index contributed by atoms with van der Waals surface area (Å²) in [7, 11) is 0. The number of nitrogens with two attached hydrogens (primary N) is 1. The Morgan fingerprint density at radius 3 is 2.94 bits per heavy atom. The predicted molar refractivity (Wildman–Crippen MR) is 65.8 cm³/mol. The van der Waals surface area contributed by atoms with Crippen molar-refractivity contribution in [3.8, 4) is 0 Å². The van der Waals surface area contributed by atoms with Gasteiger partial charge in [-0.15, -0.1) is 0 Å². The summed E-state index contributed by atoms with van der Waals surface area (Å²) < 4.78 is 0. The topological polar surface area (TPSA) is 101 Å². The average molecular weight is 249 g/mol. The van der Waals surface area contributed by atoms with Crippen LogP contribution in [0.2, 0.25) is 0 Å². The third-order valence-electron chi connectivity index (χ3n) is 2.88. The summed E-state index contributed by atoms with van der Waals surface area (Å²) in [4.78, 5) is 32.9. The molecule has 1 aromatic heterocycles. The number of nitrogens with zero attached hydrogens (tertiary/aromatic N) is 3. The zero-order chi connectivity index (χ0) is 13.3. The zero-order valence-corrected chi connectivity index (χ0v) is 10.3. The van der Waals surface area contributed by atoms with Crippen LogP contribution in [0.5, 0.6) is 0 Å². The van der Waals surface area contributed by atoms with Crippen LogP contribution in [0.3, 0.4) is 0 Å². The van der Waals surface area contributed by atoms with Crippen LogP contribution < -0.4 is 16.0 Å². The van der Waals surface area contributed by atoms with Crippen LogP contribution in [0.15, 0.2) is 6.20 Å². The van der Waals surface area contributed by atoms with E-state index < -0.39 is 6.04 Å². The molecule has 0 saturated carbocycles. The fraction of sp³-hybridized carbons (Fsp3) is 0.455. The monoisotopic (exact) mass is 249 g/mol. The van der Waals surface area contributed by atoms with Gasteiger partial charge in [0.05, 0.1) is 6.54 Å². The van der Waals surface area contributed by atoms with Gasteiger partial charge in [0.25, 0.3) is 0 Å². The van der Waals surface area contributed by atoms with Gasteiger partial charge in [0.1, 0.15) is 11.9 Å². The van der Waals surface area contributed by atoms with Crippen LogP contribution in [-0.4, -0.2) is 34.4 Å². The Balaban J connectivity index is 2.42. The molecule has 1 atom stereocenters. The number of nitrogens with one attached hydrogen (secondary N) is 1. The molecular weight excluding hydrogens is 234 g/mol. The molecule has 0 aromatic carbocycles. The molecule has 1 saturated heterocycles. The van der Waals surface area contributed by atoms with Crippen LogP contribution in [0.25, 0.3) is 0 Å². The standard InChI is InChI=1S/C11H15N5O2/c1-3-7-10(18)14-8(17)5-16(7)9-6(2)4-13-11(12)15-9/h4,7H,3,5H2,1-2H3,(H2,12,13,15)(H,14,17,18). The summed E-state index contributed by atoms with van der Waals surface area (Å²) in [6.45, 7) is 3.80. The number of nitrogen functional groups attached to an aromatic ring is 1. The fourth-order valence-corrected chi connectivity index (χ4v) is 2.03. The summed E-state index contributed by atoms with van der Waals surface area (Å²) >= 11 is 0. The van der Waals surface area contributed by atoms with Gasteiger partial charge in [-0.2, -0.15) is 4.98 Å². The molecule has 2 amide bonds. The number of rotatable bonds is 2. The van der Waals surface area contributed by atoms with Crippen LogP contribution in [0.4, 0.5) is 11.8 Å². The summed E-state index contributed by atoms with van der Waals surface area (Å²) in [6, 6.07) is -0.407. The number of carbonyl (C=O) groups is 2. The Morgan fingerprint density at radius 2 is 2.28 bits per heavy atom. The molecule has 2 heterocycles. The smallest absolute Gasteiger partial charge is 0.249 e. The van der Waals surface area contributed by atoms with Gasteiger partial charge in [-0.05, 0) is 13.3 Å². The SMILES string of the molecule is CCC1C(=O)NC(=O)CN1c1nc(N)ncc1C. The number of imide groups is 1. The zero-order valence-electron chi connectivity index (χ0n) is 10.3. The van der Waals surface area contributed by atoms with E-state index in [1.165, 1.54) is 0 Å². The van der Waals surface area contributed by atoms with Crippen LogP contribution >= 0.6 is 0 Å². The maximum atomic E-state index is 11.8. The molecule has 1 aliphatic rings. The molecule has 0 bridgehead atoms. The molecule has 7 nitrogen and oxygen atoms in total. The van der Waals surface area contributed by atoms with Gasteiger partial charge in [0.2, 0.25) is 17.8 Å². The second kappa shape index (κ2) is 4.59. The lowest BCUT2D eigenvalue weighted by atomic mass is 10.1. The third-order valence-corrected chi connectivity index (χ3v) is 2.88. The number of aryl methyl sites for hydroxylation is 1. The van der Waals surface area contributed by atoms with Gasteiger partial charge in [-0.25, -0.2) is 4.98 Å². The minimum absolute atomic E-state index is 0.0987. The van der Waals surface area contributed by atoms with E-state index in [0.29, 0.717) is 12.2 Å². The molecule has 2 rings (SSSR count). The Morgan fingerprint density at radius 1 is 1.56 bits per heavy atom. The fourth-order valence-electron chi connectivity index (χ4n) is 2.03. The highest BCUT2D eigenvalue weighted by molar-refractivity contribution is 6.04. The lowest BCUT2D eigenvalue weighted by Crippen LogP contribution is -2.58. The molecule has 1 aliphatic heterocycles. The first-order valence-corrected chi connectivity index (χ1v) is 5.72. The van der Waals surface area contributed by atoms with E-state index in [9.17, 15) is 9.59 Å². The van der Waals surface area contributed by atoms with E-state index in [1.54, 1.807) is 11.1 Å². The second-order valence-corrected chi connectivity index (χ2v) is 4.20. The molecule has 1 fully saturated rings. The summed E-state index contributed by atoms with van der Waals surface area (Å²) in [6.07, 6.45) is 2.17. The molecule has 3 N–H and O–H groups in total. The van der Waals surface area contributed by atoms with Crippen molar-refractivity contribution in [2.24, 2.45) is 0 Å². The number of hydrogen-bond donors (Lipinski definition) is 2. The van der Waals surface area contributed by atoms with Gasteiger partial charge in [0, 0.05) is 11.8 Å². The third kappa shape index (κ3) is 2.11. The minimum Gasteiger partial charge on any atom is -0.368 e. The Bertz CT molecular complexity index is 502.